The molecule has 0 radical (unpaired) electrons. The Hall–Kier alpha value is -2.03. The van der Waals surface area contributed by atoms with E-state index in [9.17, 15) is 13.2 Å². The van der Waals surface area contributed by atoms with Gasteiger partial charge in [-0.3, -0.25) is 4.79 Å². The molecule has 2 aromatic carbocycles. The summed E-state index contributed by atoms with van der Waals surface area (Å²) in [6.07, 6.45) is 3.12. The lowest BCUT2D eigenvalue weighted by Crippen LogP contribution is -2.42. The molecule has 168 valence electrons. The molecule has 1 aliphatic heterocycles. The highest BCUT2D eigenvalue weighted by Crippen LogP contribution is 2.25. The van der Waals surface area contributed by atoms with Crippen LogP contribution in [0.1, 0.15) is 32.3 Å². The topological polar surface area (TPSA) is 75.7 Å². The molecule has 0 atom stereocenters. The fourth-order valence-electron chi connectivity index (χ4n) is 3.55. The Labute approximate surface area is 189 Å². The molecule has 0 aromatic heterocycles. The molecular weight excluding hydrogens is 432 g/mol. The molecule has 1 N–H and O–H groups in total. The number of carbonyl (C=O) groups excluding carboxylic acids is 1. The number of nitrogens with zero attached hydrogens (tertiary/aromatic N) is 1. The van der Waals surface area contributed by atoms with Crippen LogP contribution in [0.5, 0.6) is 5.75 Å². The van der Waals surface area contributed by atoms with Crippen molar-refractivity contribution in [3.8, 4) is 5.75 Å². The van der Waals surface area contributed by atoms with Crippen molar-refractivity contribution in [2.24, 2.45) is 5.92 Å². The van der Waals surface area contributed by atoms with Crippen LogP contribution in [0, 0.1) is 5.92 Å². The van der Waals surface area contributed by atoms with Gasteiger partial charge < -0.3 is 10.1 Å². The van der Waals surface area contributed by atoms with E-state index in [0.29, 0.717) is 37.4 Å². The Bertz CT molecular complexity index is 966. The van der Waals surface area contributed by atoms with Gasteiger partial charge in [-0.1, -0.05) is 12.1 Å². The van der Waals surface area contributed by atoms with Crippen molar-refractivity contribution in [2.75, 3.05) is 19.3 Å². The number of nitrogens with one attached hydrogen (secondary N) is 1. The van der Waals surface area contributed by atoms with E-state index in [1.165, 1.54) is 4.31 Å². The highest BCUT2D eigenvalue weighted by Gasteiger charge is 2.32. The second-order valence-electron chi connectivity index (χ2n) is 7.88. The van der Waals surface area contributed by atoms with Gasteiger partial charge in [0.2, 0.25) is 15.9 Å². The predicted octanol–water partition coefficient (Wildman–Crippen LogP) is 3.91. The van der Waals surface area contributed by atoms with Crippen molar-refractivity contribution in [3.05, 3.63) is 54.1 Å². The van der Waals surface area contributed by atoms with Crippen molar-refractivity contribution >= 4 is 27.7 Å². The zero-order valence-corrected chi connectivity index (χ0v) is 19.8. The minimum absolute atomic E-state index is 0.0242. The number of hydrogen-bond donors (Lipinski definition) is 1. The molecule has 1 amide bonds. The third-order valence-electron chi connectivity index (χ3n) is 5.28. The maximum absolute atomic E-state index is 12.9. The van der Waals surface area contributed by atoms with Crippen LogP contribution in [-0.4, -0.2) is 44.1 Å². The number of carbonyl (C=O) groups is 1. The van der Waals surface area contributed by atoms with E-state index in [-0.39, 0.29) is 17.9 Å². The first kappa shape index (κ1) is 23.6. The number of piperidine rings is 1. The lowest BCUT2D eigenvalue weighted by molar-refractivity contribution is -0.126. The van der Waals surface area contributed by atoms with Gasteiger partial charge >= 0.3 is 0 Å². The fraction of sp³-hybridized carbons (Fsp3) is 0.435. The molecule has 0 unspecified atom stereocenters. The second kappa shape index (κ2) is 10.5. The molecule has 0 spiro atoms. The van der Waals surface area contributed by atoms with E-state index >= 15 is 0 Å². The van der Waals surface area contributed by atoms with Gasteiger partial charge in [0.15, 0.2) is 0 Å². The lowest BCUT2D eigenvalue weighted by Gasteiger charge is -2.30. The van der Waals surface area contributed by atoms with Gasteiger partial charge in [-0.25, -0.2) is 8.42 Å². The molecule has 3 rings (SSSR count). The molecule has 8 heteroatoms. The molecule has 2 aromatic rings. The van der Waals surface area contributed by atoms with Crippen molar-refractivity contribution in [2.45, 2.75) is 49.1 Å². The van der Waals surface area contributed by atoms with Crippen LogP contribution >= 0.6 is 11.8 Å². The number of thioether (sulfide) groups is 1. The Morgan fingerprint density at radius 3 is 2.26 bits per heavy atom. The maximum atomic E-state index is 12.9. The summed E-state index contributed by atoms with van der Waals surface area (Å²) in [5.74, 6) is 0.611. The average Bonchev–Trinajstić information content (AvgIpc) is 2.78. The number of benzene rings is 2. The number of sulfonamides is 1. The average molecular weight is 463 g/mol. The molecule has 31 heavy (non-hydrogen) atoms. The van der Waals surface area contributed by atoms with Crippen LogP contribution in [0.25, 0.3) is 0 Å². The standard InChI is InChI=1S/C23H30N2O4S2/c1-17(2)29-20-6-4-18(5-7-20)16-24-23(26)19-12-14-25(15-13-19)31(27,28)22-10-8-21(30-3)9-11-22/h4-11,17,19H,12-16H2,1-3H3,(H,24,26). The summed E-state index contributed by atoms with van der Waals surface area (Å²) in [7, 11) is -3.52. The van der Waals surface area contributed by atoms with Gasteiger partial charge in [0.25, 0.3) is 0 Å². The van der Waals surface area contributed by atoms with E-state index in [1.54, 1.807) is 23.9 Å². The van der Waals surface area contributed by atoms with E-state index in [1.807, 2.05) is 56.5 Å². The predicted molar refractivity (Wildman–Crippen MR) is 124 cm³/mol. The van der Waals surface area contributed by atoms with Gasteiger partial charge in [0.1, 0.15) is 5.75 Å². The Morgan fingerprint density at radius 1 is 1.10 bits per heavy atom. The monoisotopic (exact) mass is 462 g/mol. The molecule has 6 nitrogen and oxygen atoms in total. The largest absolute Gasteiger partial charge is 0.491 e. The van der Waals surface area contributed by atoms with Crippen LogP contribution in [0.4, 0.5) is 0 Å². The highest BCUT2D eigenvalue weighted by molar-refractivity contribution is 7.98. The van der Waals surface area contributed by atoms with E-state index in [4.69, 9.17) is 4.74 Å². The Morgan fingerprint density at radius 2 is 1.71 bits per heavy atom. The smallest absolute Gasteiger partial charge is 0.243 e. The van der Waals surface area contributed by atoms with Crippen LogP contribution < -0.4 is 10.1 Å². The Kier molecular flexibility index (Phi) is 8.02. The van der Waals surface area contributed by atoms with Gasteiger partial charge in [0.05, 0.1) is 11.0 Å². The first-order valence-electron chi connectivity index (χ1n) is 10.5. The molecule has 1 heterocycles. The van der Waals surface area contributed by atoms with Gasteiger partial charge in [0, 0.05) is 30.4 Å². The maximum Gasteiger partial charge on any atom is 0.243 e. The summed E-state index contributed by atoms with van der Waals surface area (Å²) >= 11 is 1.57. The minimum Gasteiger partial charge on any atom is -0.491 e. The molecule has 1 fully saturated rings. The summed E-state index contributed by atoms with van der Waals surface area (Å²) in [5.41, 5.74) is 0.998. The van der Waals surface area contributed by atoms with Gasteiger partial charge in [-0.2, -0.15) is 4.31 Å². The zero-order chi connectivity index (χ0) is 22.4. The quantitative estimate of drug-likeness (QED) is 0.602. The van der Waals surface area contributed by atoms with E-state index < -0.39 is 10.0 Å². The second-order valence-corrected chi connectivity index (χ2v) is 10.7. The number of ether oxygens (including phenoxy) is 1. The normalized spacial score (nSPS) is 15.7. The first-order valence-corrected chi connectivity index (χ1v) is 13.1. The summed E-state index contributed by atoms with van der Waals surface area (Å²) < 4.78 is 32.9. The summed E-state index contributed by atoms with van der Waals surface area (Å²) in [6, 6.07) is 14.6. The molecular formula is C23H30N2O4S2. The Balaban J connectivity index is 1.50. The van der Waals surface area contributed by atoms with E-state index in [0.717, 1.165) is 16.2 Å². The van der Waals surface area contributed by atoms with Crippen LogP contribution in [-0.2, 0) is 21.4 Å². The van der Waals surface area contributed by atoms with Crippen molar-refractivity contribution in [1.29, 1.82) is 0 Å². The van der Waals surface area contributed by atoms with Crippen molar-refractivity contribution in [1.82, 2.24) is 9.62 Å². The van der Waals surface area contributed by atoms with Crippen LogP contribution in [0.2, 0.25) is 0 Å². The van der Waals surface area contributed by atoms with Crippen molar-refractivity contribution < 1.29 is 17.9 Å². The summed E-state index contributed by atoms with van der Waals surface area (Å²) in [5, 5.41) is 2.98. The number of hydrogen-bond acceptors (Lipinski definition) is 5. The number of amides is 1. The van der Waals surface area contributed by atoms with Crippen LogP contribution in [0.15, 0.2) is 58.3 Å². The third-order valence-corrected chi connectivity index (χ3v) is 7.94. The summed E-state index contributed by atoms with van der Waals surface area (Å²) in [6.45, 7) is 5.11. The molecule has 0 saturated carbocycles. The van der Waals surface area contributed by atoms with Crippen LogP contribution in [0.3, 0.4) is 0 Å². The van der Waals surface area contributed by atoms with Gasteiger partial charge in [-0.15, -0.1) is 11.8 Å². The van der Waals surface area contributed by atoms with Gasteiger partial charge in [-0.05, 0) is 74.9 Å². The molecule has 0 aliphatic carbocycles. The number of rotatable bonds is 8. The third kappa shape index (κ3) is 6.24. The molecule has 1 saturated heterocycles. The summed E-state index contributed by atoms with van der Waals surface area (Å²) in [4.78, 5) is 13.9. The highest BCUT2D eigenvalue weighted by atomic mass is 32.2. The van der Waals surface area contributed by atoms with E-state index in [2.05, 4.69) is 5.32 Å². The lowest BCUT2D eigenvalue weighted by atomic mass is 9.97. The molecule has 1 aliphatic rings. The minimum atomic E-state index is -3.52. The SMILES string of the molecule is CSc1ccc(S(=O)(=O)N2CCC(C(=O)NCc3ccc(OC(C)C)cc3)CC2)cc1. The zero-order valence-electron chi connectivity index (χ0n) is 18.2. The molecule has 0 bridgehead atoms. The fourth-order valence-corrected chi connectivity index (χ4v) is 5.42. The van der Waals surface area contributed by atoms with Crippen molar-refractivity contribution in [3.63, 3.8) is 0 Å². The first-order chi connectivity index (χ1) is 14.8.